The number of carbonyl (C=O) groups excluding carboxylic acids is 1. The number of pyridine rings is 1. The Morgan fingerprint density at radius 2 is 2.10 bits per heavy atom. The Balaban J connectivity index is 1.56. The largest absolute Gasteiger partial charge is 0.492 e. The topological polar surface area (TPSA) is 86.5 Å². The number of carbonyl (C=O) groups is 1. The number of halogens is 2. The van der Waals surface area contributed by atoms with Gasteiger partial charge in [-0.25, -0.2) is 4.98 Å². The minimum absolute atomic E-state index is 0.0104. The number of nitrogens with one attached hydrogen (secondary N) is 1. The van der Waals surface area contributed by atoms with Gasteiger partial charge in [-0.15, -0.1) is 0 Å². The molecule has 1 amide bonds. The Labute approximate surface area is 177 Å². The highest BCUT2D eigenvalue weighted by atomic mass is 19.3. The number of hydrogen-bond donors (Lipinski definition) is 1. The highest BCUT2D eigenvalue weighted by molar-refractivity contribution is 5.93. The number of benzene rings is 1. The Kier molecular flexibility index (Phi) is 5.83. The summed E-state index contributed by atoms with van der Waals surface area (Å²) >= 11 is 0. The normalized spacial score (nSPS) is 13.3. The summed E-state index contributed by atoms with van der Waals surface area (Å²) < 4.78 is 41.7. The lowest BCUT2D eigenvalue weighted by molar-refractivity contribution is -0.0517. The first kappa shape index (κ1) is 20.8. The second-order valence-corrected chi connectivity index (χ2v) is 7.21. The van der Waals surface area contributed by atoms with Crippen LogP contribution >= 0.6 is 0 Å². The molecular weight excluding hydrogens is 408 g/mol. The molecule has 2 aromatic heterocycles. The average Bonchev–Trinajstić information content (AvgIpc) is 3.49. The van der Waals surface area contributed by atoms with Crippen LogP contribution in [0.5, 0.6) is 11.5 Å². The van der Waals surface area contributed by atoms with Crippen molar-refractivity contribution in [2.24, 2.45) is 0 Å². The molecule has 0 unspecified atom stereocenters. The number of hydrogen-bond acceptors (Lipinski definition) is 6. The summed E-state index contributed by atoms with van der Waals surface area (Å²) in [4.78, 5) is 20.8. The molecule has 0 saturated heterocycles. The summed E-state index contributed by atoms with van der Waals surface area (Å²) in [5.74, 6) is 0.183. The number of amides is 1. The van der Waals surface area contributed by atoms with Crippen LogP contribution in [0, 0.1) is 6.92 Å². The smallest absolute Gasteiger partial charge is 0.387 e. The van der Waals surface area contributed by atoms with E-state index >= 15 is 0 Å². The van der Waals surface area contributed by atoms with Gasteiger partial charge in [0.1, 0.15) is 12.0 Å². The van der Waals surface area contributed by atoms with Crippen molar-refractivity contribution in [3.8, 4) is 23.0 Å². The summed E-state index contributed by atoms with van der Waals surface area (Å²) in [5, 5.41) is 2.74. The molecule has 3 aromatic rings. The van der Waals surface area contributed by atoms with Crippen LogP contribution in [0.15, 0.2) is 41.1 Å². The van der Waals surface area contributed by atoms with Gasteiger partial charge in [-0.05, 0) is 43.4 Å². The van der Waals surface area contributed by atoms with Crippen LogP contribution in [-0.4, -0.2) is 29.6 Å². The Morgan fingerprint density at radius 1 is 1.29 bits per heavy atom. The van der Waals surface area contributed by atoms with Crippen molar-refractivity contribution in [3.05, 3.63) is 59.2 Å². The van der Waals surface area contributed by atoms with Crippen molar-refractivity contribution in [3.63, 3.8) is 0 Å². The molecular formula is C22H21F2N3O4. The molecule has 1 aliphatic rings. The summed E-state index contributed by atoms with van der Waals surface area (Å²) in [6, 6.07) is 7.01. The third-order valence-electron chi connectivity index (χ3n) is 5.01. The van der Waals surface area contributed by atoms with E-state index in [-0.39, 0.29) is 35.8 Å². The number of nitrogens with zero attached hydrogens (tertiary/aromatic N) is 2. The molecule has 162 valence electrons. The monoisotopic (exact) mass is 429 g/mol. The lowest BCUT2D eigenvalue weighted by atomic mass is 10.0. The van der Waals surface area contributed by atoms with Gasteiger partial charge < -0.3 is 19.2 Å². The fraction of sp³-hybridized carbons (Fsp3) is 0.318. The van der Waals surface area contributed by atoms with E-state index in [4.69, 9.17) is 13.9 Å². The molecule has 1 aliphatic carbocycles. The van der Waals surface area contributed by atoms with Crippen LogP contribution in [0.4, 0.5) is 8.78 Å². The molecule has 0 aliphatic heterocycles. The van der Waals surface area contributed by atoms with Crippen molar-refractivity contribution in [2.75, 3.05) is 7.11 Å². The van der Waals surface area contributed by atoms with Gasteiger partial charge in [-0.2, -0.15) is 8.78 Å². The predicted octanol–water partition coefficient (Wildman–Crippen LogP) is 4.46. The van der Waals surface area contributed by atoms with Crippen LogP contribution < -0.4 is 14.8 Å². The van der Waals surface area contributed by atoms with Gasteiger partial charge in [0.25, 0.3) is 5.91 Å². The maximum Gasteiger partial charge on any atom is 0.387 e. The third kappa shape index (κ3) is 4.50. The average molecular weight is 429 g/mol. The lowest BCUT2D eigenvalue weighted by Crippen LogP contribution is -2.24. The maximum atomic E-state index is 13.0. The minimum atomic E-state index is -2.98. The lowest BCUT2D eigenvalue weighted by Gasteiger charge is -2.16. The fourth-order valence-electron chi connectivity index (χ4n) is 3.37. The first-order valence-corrected chi connectivity index (χ1v) is 9.78. The second-order valence-electron chi connectivity index (χ2n) is 7.21. The van der Waals surface area contributed by atoms with Gasteiger partial charge in [0, 0.05) is 11.8 Å². The van der Waals surface area contributed by atoms with E-state index in [0.29, 0.717) is 22.5 Å². The van der Waals surface area contributed by atoms with Crippen molar-refractivity contribution >= 4 is 5.91 Å². The molecule has 4 rings (SSSR count). The van der Waals surface area contributed by atoms with Crippen molar-refractivity contribution in [1.82, 2.24) is 15.3 Å². The van der Waals surface area contributed by atoms with E-state index in [1.165, 1.54) is 13.4 Å². The maximum absolute atomic E-state index is 13.0. The predicted molar refractivity (Wildman–Crippen MR) is 107 cm³/mol. The van der Waals surface area contributed by atoms with Gasteiger partial charge in [0.2, 0.25) is 5.89 Å². The third-order valence-corrected chi connectivity index (χ3v) is 5.01. The SMILES string of the molecule is COc1c(-c2nc(CNC(=O)c3ncccc3C)co2)ccc(C2CC2)c1OC(F)F. The van der Waals surface area contributed by atoms with Gasteiger partial charge >= 0.3 is 6.61 Å². The van der Waals surface area contributed by atoms with E-state index in [2.05, 4.69) is 15.3 Å². The molecule has 2 heterocycles. The quantitative estimate of drug-likeness (QED) is 0.569. The van der Waals surface area contributed by atoms with Crippen molar-refractivity contribution in [1.29, 1.82) is 0 Å². The number of methoxy groups -OCH3 is 1. The van der Waals surface area contributed by atoms with E-state index in [0.717, 1.165) is 18.4 Å². The molecule has 1 fully saturated rings. The van der Waals surface area contributed by atoms with Crippen LogP contribution in [-0.2, 0) is 6.54 Å². The van der Waals surface area contributed by atoms with E-state index in [9.17, 15) is 13.6 Å². The zero-order valence-electron chi connectivity index (χ0n) is 17.0. The zero-order chi connectivity index (χ0) is 22.0. The number of alkyl halides is 2. The summed E-state index contributed by atoms with van der Waals surface area (Å²) in [5.41, 5.74) is 2.62. The summed E-state index contributed by atoms with van der Waals surface area (Å²) in [6.07, 6.45) is 4.77. The van der Waals surface area contributed by atoms with Crippen molar-refractivity contribution in [2.45, 2.75) is 38.8 Å². The molecule has 0 atom stereocenters. The van der Waals surface area contributed by atoms with Crippen LogP contribution in [0.25, 0.3) is 11.5 Å². The summed E-state index contributed by atoms with van der Waals surface area (Å²) in [6.45, 7) is -1.07. The fourth-order valence-corrected chi connectivity index (χ4v) is 3.37. The Bertz CT molecular complexity index is 1100. The highest BCUT2D eigenvalue weighted by Crippen LogP contribution is 2.50. The number of aryl methyl sites for hydroxylation is 1. The Morgan fingerprint density at radius 3 is 2.77 bits per heavy atom. The standard InChI is InChI=1S/C22H21F2N3O4/c1-12-4-3-9-25-17(12)20(28)26-10-14-11-30-21(27-14)16-8-7-15(13-5-6-13)19(18(16)29-2)31-22(23)24/h3-4,7-9,11,13,22H,5-6,10H2,1-2H3,(H,26,28). The number of rotatable bonds is 8. The second kappa shape index (κ2) is 8.71. The molecule has 9 heteroatoms. The van der Waals surface area contributed by atoms with Crippen molar-refractivity contribution < 1.29 is 27.5 Å². The van der Waals surface area contributed by atoms with E-state index in [1.807, 2.05) is 0 Å². The molecule has 7 nitrogen and oxygen atoms in total. The molecule has 1 saturated carbocycles. The zero-order valence-corrected chi connectivity index (χ0v) is 17.0. The van der Waals surface area contributed by atoms with Gasteiger partial charge in [0.05, 0.1) is 24.9 Å². The van der Waals surface area contributed by atoms with Gasteiger partial charge in [-0.1, -0.05) is 12.1 Å². The molecule has 1 N–H and O–H groups in total. The minimum Gasteiger partial charge on any atom is -0.492 e. The molecule has 0 radical (unpaired) electrons. The van der Waals surface area contributed by atoms with Crippen LogP contribution in [0.3, 0.4) is 0 Å². The number of ether oxygens (including phenoxy) is 2. The number of aromatic nitrogens is 2. The summed E-state index contributed by atoms with van der Waals surface area (Å²) in [7, 11) is 1.38. The number of oxazole rings is 1. The molecule has 1 aromatic carbocycles. The van der Waals surface area contributed by atoms with E-state index < -0.39 is 6.61 Å². The van der Waals surface area contributed by atoms with Crippen LogP contribution in [0.2, 0.25) is 0 Å². The first-order valence-electron chi connectivity index (χ1n) is 9.78. The first-order chi connectivity index (χ1) is 15.0. The molecule has 0 bridgehead atoms. The molecule has 0 spiro atoms. The van der Waals surface area contributed by atoms with Crippen LogP contribution in [0.1, 0.15) is 46.1 Å². The Hall–Kier alpha value is -3.49. The van der Waals surface area contributed by atoms with Gasteiger partial charge in [0.15, 0.2) is 11.5 Å². The van der Waals surface area contributed by atoms with E-state index in [1.54, 1.807) is 37.4 Å². The highest BCUT2D eigenvalue weighted by Gasteiger charge is 2.31. The molecule has 31 heavy (non-hydrogen) atoms. The van der Waals surface area contributed by atoms with Gasteiger partial charge in [-0.3, -0.25) is 9.78 Å².